The summed E-state index contributed by atoms with van der Waals surface area (Å²) in [6.45, 7) is -0.601. The molecule has 29 heavy (non-hydrogen) atoms. The summed E-state index contributed by atoms with van der Waals surface area (Å²) in [7, 11) is 0. The van der Waals surface area contributed by atoms with Crippen molar-refractivity contribution < 1.29 is 22.8 Å². The molecule has 3 heterocycles. The molecule has 1 fully saturated rings. The fourth-order valence-corrected chi connectivity index (χ4v) is 3.87. The van der Waals surface area contributed by atoms with Crippen LogP contribution in [-0.2, 0) is 22.6 Å². The van der Waals surface area contributed by atoms with Crippen LogP contribution in [0.25, 0.3) is 11.3 Å². The Hall–Kier alpha value is -2.84. The van der Waals surface area contributed by atoms with Gasteiger partial charge in [0.1, 0.15) is 12.4 Å². The number of nitrogens with one attached hydrogen (secondary N) is 1. The molecular weight excluding hydrogens is 385 g/mol. The van der Waals surface area contributed by atoms with Gasteiger partial charge in [-0.25, -0.2) is 4.98 Å². The molecule has 1 aromatic carbocycles. The summed E-state index contributed by atoms with van der Waals surface area (Å²) >= 11 is 0. The maximum Gasteiger partial charge on any atom is 0.406 e. The van der Waals surface area contributed by atoms with Gasteiger partial charge in [-0.2, -0.15) is 13.2 Å². The fourth-order valence-electron chi connectivity index (χ4n) is 3.87. The zero-order valence-electron chi connectivity index (χ0n) is 15.7. The van der Waals surface area contributed by atoms with Crippen LogP contribution < -0.4 is 5.32 Å². The van der Waals surface area contributed by atoms with Crippen LogP contribution in [0.5, 0.6) is 0 Å². The molecule has 0 aliphatic carbocycles. The number of benzene rings is 1. The van der Waals surface area contributed by atoms with Gasteiger partial charge in [-0.3, -0.25) is 9.59 Å². The summed E-state index contributed by atoms with van der Waals surface area (Å²) in [5, 5.41) is 2.73. The first-order chi connectivity index (χ1) is 13.8. The number of amides is 2. The number of fused-ring (bicyclic) bond motifs is 1. The Morgan fingerprint density at radius 2 is 2.10 bits per heavy atom. The normalized spacial score (nSPS) is 19.3. The first-order valence-corrected chi connectivity index (χ1v) is 9.60. The van der Waals surface area contributed by atoms with Crippen LogP contribution in [0.1, 0.15) is 25.1 Å². The summed E-state index contributed by atoms with van der Waals surface area (Å²) in [4.78, 5) is 29.6. The molecule has 0 bridgehead atoms. The highest BCUT2D eigenvalue weighted by molar-refractivity contribution is 5.97. The quantitative estimate of drug-likeness (QED) is 0.848. The zero-order valence-corrected chi connectivity index (χ0v) is 15.7. The topological polar surface area (TPSA) is 67.2 Å². The highest BCUT2D eigenvalue weighted by atomic mass is 19.4. The number of aryl methyl sites for hydroxylation is 2. The SMILES string of the molecule is O=C(Nc1cccc(-c2cn3c(n2)CCCC3)c1)C1CC(=O)N(CC(F)(F)F)C1. The van der Waals surface area contributed by atoms with Crippen molar-refractivity contribution in [2.75, 3.05) is 18.4 Å². The van der Waals surface area contributed by atoms with Gasteiger partial charge in [-0.05, 0) is 25.0 Å². The lowest BCUT2D eigenvalue weighted by atomic mass is 10.1. The van der Waals surface area contributed by atoms with Gasteiger partial charge in [0.05, 0.1) is 11.6 Å². The van der Waals surface area contributed by atoms with Gasteiger partial charge in [-0.1, -0.05) is 12.1 Å². The Bertz CT molecular complexity index is 915. The lowest BCUT2D eigenvalue weighted by molar-refractivity contribution is -0.157. The van der Waals surface area contributed by atoms with Gasteiger partial charge in [-0.15, -0.1) is 0 Å². The van der Waals surface area contributed by atoms with Gasteiger partial charge < -0.3 is 14.8 Å². The van der Waals surface area contributed by atoms with E-state index in [0.717, 1.165) is 42.9 Å². The molecule has 154 valence electrons. The molecule has 0 saturated carbocycles. The van der Waals surface area contributed by atoms with E-state index < -0.39 is 30.5 Å². The number of rotatable bonds is 4. The lowest BCUT2D eigenvalue weighted by Gasteiger charge is -2.18. The largest absolute Gasteiger partial charge is 0.406 e. The minimum atomic E-state index is -4.47. The number of carbonyl (C=O) groups is 2. The molecule has 2 aliphatic heterocycles. The molecule has 1 N–H and O–H groups in total. The number of alkyl halides is 3. The van der Waals surface area contributed by atoms with Gasteiger partial charge >= 0.3 is 6.18 Å². The third kappa shape index (κ3) is 4.44. The van der Waals surface area contributed by atoms with E-state index in [4.69, 9.17) is 0 Å². The number of imidazole rings is 1. The van der Waals surface area contributed by atoms with Crippen molar-refractivity contribution in [3.8, 4) is 11.3 Å². The third-order valence-electron chi connectivity index (χ3n) is 5.29. The minimum Gasteiger partial charge on any atom is -0.334 e. The molecule has 1 unspecified atom stereocenters. The molecular formula is C20H21F3N4O2. The first kappa shape index (κ1) is 19.5. The van der Waals surface area contributed by atoms with E-state index in [1.54, 1.807) is 18.2 Å². The highest BCUT2D eigenvalue weighted by Crippen LogP contribution is 2.27. The molecule has 0 radical (unpaired) electrons. The van der Waals surface area contributed by atoms with Crippen molar-refractivity contribution in [1.29, 1.82) is 0 Å². The Morgan fingerprint density at radius 1 is 1.28 bits per heavy atom. The molecule has 1 saturated heterocycles. The van der Waals surface area contributed by atoms with Gasteiger partial charge in [0.15, 0.2) is 0 Å². The van der Waals surface area contributed by atoms with Crippen LogP contribution in [0.4, 0.5) is 18.9 Å². The second kappa shape index (κ2) is 7.53. The molecule has 0 spiro atoms. The molecule has 1 aromatic heterocycles. The smallest absolute Gasteiger partial charge is 0.334 e. The van der Waals surface area contributed by atoms with Crippen LogP contribution in [0.2, 0.25) is 0 Å². The van der Waals surface area contributed by atoms with E-state index in [1.807, 2.05) is 12.3 Å². The van der Waals surface area contributed by atoms with Crippen molar-refractivity contribution in [1.82, 2.24) is 14.5 Å². The Kier molecular flexibility index (Phi) is 5.06. The van der Waals surface area contributed by atoms with Crippen LogP contribution in [0.3, 0.4) is 0 Å². The van der Waals surface area contributed by atoms with Crippen molar-refractivity contribution in [2.24, 2.45) is 5.92 Å². The molecule has 4 rings (SSSR count). The van der Waals surface area contributed by atoms with Crippen LogP contribution >= 0.6 is 0 Å². The predicted molar refractivity (Wildman–Crippen MR) is 100.0 cm³/mol. The molecule has 6 nitrogen and oxygen atoms in total. The average Bonchev–Trinajstić information content (AvgIpc) is 3.25. The molecule has 1 atom stereocenters. The van der Waals surface area contributed by atoms with Gasteiger partial charge in [0.25, 0.3) is 0 Å². The third-order valence-corrected chi connectivity index (χ3v) is 5.29. The molecule has 2 aromatic rings. The molecule has 2 aliphatic rings. The number of anilines is 1. The average molecular weight is 406 g/mol. The van der Waals surface area contributed by atoms with Gasteiger partial charge in [0.2, 0.25) is 11.8 Å². The number of hydrogen-bond acceptors (Lipinski definition) is 3. The molecule has 9 heteroatoms. The zero-order chi connectivity index (χ0) is 20.6. The van der Waals surface area contributed by atoms with Crippen LogP contribution in [0, 0.1) is 5.92 Å². The number of halogens is 3. The molecule has 2 amide bonds. The monoisotopic (exact) mass is 406 g/mol. The standard InChI is InChI=1S/C20H21F3N4O2/c21-20(22,23)12-27-10-14(9-18(27)28)19(29)24-15-5-3-4-13(8-15)16-11-26-7-2-1-6-17(26)25-16/h3-5,8,11,14H,1-2,6-7,9-10,12H2,(H,24,29). The summed E-state index contributed by atoms with van der Waals surface area (Å²) in [6.07, 6.45) is 0.511. The highest BCUT2D eigenvalue weighted by Gasteiger charge is 2.40. The van der Waals surface area contributed by atoms with E-state index in [0.29, 0.717) is 10.6 Å². The number of carbonyl (C=O) groups excluding carboxylic acids is 2. The number of hydrogen-bond donors (Lipinski definition) is 1. The lowest BCUT2D eigenvalue weighted by Crippen LogP contribution is -2.36. The van der Waals surface area contributed by atoms with Crippen molar-refractivity contribution in [3.63, 3.8) is 0 Å². The first-order valence-electron chi connectivity index (χ1n) is 9.60. The summed E-state index contributed by atoms with van der Waals surface area (Å²) in [5.74, 6) is -0.854. The van der Waals surface area contributed by atoms with Crippen LogP contribution in [0.15, 0.2) is 30.5 Å². The fraction of sp³-hybridized carbons (Fsp3) is 0.450. The Labute approximate surface area is 165 Å². The van der Waals surface area contributed by atoms with Gasteiger partial charge in [0, 0.05) is 43.4 Å². The maximum absolute atomic E-state index is 12.5. The summed E-state index contributed by atoms with van der Waals surface area (Å²) < 4.78 is 39.8. The summed E-state index contributed by atoms with van der Waals surface area (Å²) in [6, 6.07) is 7.19. The minimum absolute atomic E-state index is 0.213. The number of aromatic nitrogens is 2. The van der Waals surface area contributed by atoms with Crippen LogP contribution in [-0.4, -0.2) is 45.5 Å². The Morgan fingerprint density at radius 3 is 2.86 bits per heavy atom. The second-order valence-corrected chi connectivity index (χ2v) is 7.55. The maximum atomic E-state index is 12.5. The Balaban J connectivity index is 1.44. The van der Waals surface area contributed by atoms with E-state index in [-0.39, 0.29) is 13.0 Å². The van der Waals surface area contributed by atoms with E-state index >= 15 is 0 Å². The second-order valence-electron chi connectivity index (χ2n) is 7.55. The number of likely N-dealkylation sites (tertiary alicyclic amines) is 1. The van der Waals surface area contributed by atoms with E-state index in [1.165, 1.54) is 0 Å². The number of nitrogens with zero attached hydrogens (tertiary/aromatic N) is 3. The van der Waals surface area contributed by atoms with E-state index in [2.05, 4.69) is 14.9 Å². The predicted octanol–water partition coefficient (Wildman–Crippen LogP) is 3.24. The van der Waals surface area contributed by atoms with Crippen molar-refractivity contribution >= 4 is 17.5 Å². The van der Waals surface area contributed by atoms with E-state index in [9.17, 15) is 22.8 Å². The summed E-state index contributed by atoms with van der Waals surface area (Å²) in [5.41, 5.74) is 2.21. The van der Waals surface area contributed by atoms with Crippen molar-refractivity contribution in [2.45, 2.75) is 38.4 Å². The van der Waals surface area contributed by atoms with Crippen molar-refractivity contribution in [3.05, 3.63) is 36.3 Å².